The molecule has 12 nitrogen and oxygen atoms in total. The van der Waals surface area contributed by atoms with Gasteiger partial charge in [-0.25, -0.2) is 22.5 Å². The molecular weight excluding hydrogens is 608 g/mol. The van der Waals surface area contributed by atoms with Crippen molar-refractivity contribution in [1.29, 1.82) is 0 Å². The summed E-state index contributed by atoms with van der Waals surface area (Å²) in [4.78, 5) is 12.0. The van der Waals surface area contributed by atoms with Crippen LogP contribution in [0.4, 0.5) is 10.5 Å². The molecule has 1 aliphatic carbocycles. The minimum Gasteiger partial charge on any atom is -0.465 e. The highest BCUT2D eigenvalue weighted by atomic mass is 32.2. The van der Waals surface area contributed by atoms with E-state index in [1.165, 1.54) is 6.07 Å². The molecule has 2 aromatic carbocycles. The number of anilines is 1. The van der Waals surface area contributed by atoms with E-state index in [2.05, 4.69) is 19.5 Å². The van der Waals surface area contributed by atoms with Gasteiger partial charge in [0.25, 0.3) is 10.1 Å². The maximum atomic E-state index is 13.7. The summed E-state index contributed by atoms with van der Waals surface area (Å²) >= 11 is 0. The Hall–Kier alpha value is -3.98. The van der Waals surface area contributed by atoms with Gasteiger partial charge in [-0.1, -0.05) is 6.07 Å². The Morgan fingerprint density at radius 3 is 2.18 bits per heavy atom. The molecule has 0 aromatic heterocycles. The molecule has 0 fully saturated rings. The van der Waals surface area contributed by atoms with Crippen molar-refractivity contribution in [3.8, 4) is 22.5 Å². The Labute approximate surface area is 256 Å². The quantitative estimate of drug-likeness (QED) is 0.0778. The third-order valence-corrected chi connectivity index (χ3v) is 9.80. The lowest BCUT2D eigenvalue weighted by atomic mass is 9.93. The number of nitrogens with zero attached hydrogens (tertiary/aromatic N) is 2. The molecule has 1 amide bonds. The average Bonchev–Trinajstić information content (AvgIpc) is 2.98. The number of amides is 1. The Bertz CT molecular complexity index is 1940. The van der Waals surface area contributed by atoms with Crippen LogP contribution < -0.4 is 24.9 Å². The van der Waals surface area contributed by atoms with Crippen molar-refractivity contribution in [2.24, 2.45) is 0 Å². The van der Waals surface area contributed by atoms with Crippen molar-refractivity contribution in [2.75, 3.05) is 44.2 Å². The molecule has 4 rings (SSSR count). The predicted molar refractivity (Wildman–Crippen MR) is 169 cm³/mol. The largest absolute Gasteiger partial charge is 0.465 e. The van der Waals surface area contributed by atoms with Crippen LogP contribution in [-0.2, 0) is 20.1 Å². The van der Waals surface area contributed by atoms with Gasteiger partial charge in [0.05, 0.1) is 15.9 Å². The molecule has 0 spiro atoms. The van der Waals surface area contributed by atoms with E-state index in [1.54, 1.807) is 0 Å². The van der Waals surface area contributed by atoms with Crippen LogP contribution in [0.3, 0.4) is 0 Å². The van der Waals surface area contributed by atoms with Crippen LogP contribution >= 0.6 is 0 Å². The first-order valence-corrected chi connectivity index (χ1v) is 17.2. The predicted octanol–water partition coefficient (Wildman–Crippen LogP) is 3.66. The minimum atomic E-state index is -4.76. The Morgan fingerprint density at radius 1 is 0.886 bits per heavy atom. The van der Waals surface area contributed by atoms with Crippen LogP contribution in [0.2, 0.25) is 0 Å². The van der Waals surface area contributed by atoms with Gasteiger partial charge in [-0.15, -0.1) is 0 Å². The topological polar surface area (TPSA) is 169 Å². The molecule has 0 saturated carbocycles. The molecule has 0 atom stereocenters. The molecule has 0 saturated heterocycles. The highest BCUT2D eigenvalue weighted by molar-refractivity contribution is 7.89. The molecule has 2 aromatic rings. The van der Waals surface area contributed by atoms with Crippen molar-refractivity contribution in [2.45, 2.75) is 37.5 Å². The summed E-state index contributed by atoms with van der Waals surface area (Å²) < 4.78 is 72.2. The molecular formula is C30H37N4O8S2+. The Balaban J connectivity index is 2.09. The maximum Gasteiger partial charge on any atom is 0.404 e. The number of nitrogens with one attached hydrogen (secondary N) is 2. The fourth-order valence-electron chi connectivity index (χ4n) is 5.25. The minimum absolute atomic E-state index is 0.174. The van der Waals surface area contributed by atoms with E-state index in [0.717, 1.165) is 49.4 Å². The van der Waals surface area contributed by atoms with Crippen molar-refractivity contribution >= 4 is 42.9 Å². The van der Waals surface area contributed by atoms with E-state index in [1.807, 2.05) is 64.1 Å². The lowest BCUT2D eigenvalue weighted by molar-refractivity contribution is 0.194. The van der Waals surface area contributed by atoms with E-state index in [-0.39, 0.29) is 18.7 Å². The summed E-state index contributed by atoms with van der Waals surface area (Å²) in [5.74, 6) is 0.495. The standard InChI is InChI=1S/C30H36N4O8S2/c1-5-33(6-2)20-9-12-23-26(17-20)42-27-18-21(34(7-3)8-4)10-13-24(27)29(23)25-14-11-22(44(39,40)41)19-28(25)43(37,38)32-16-15-31-30(35)36/h9-14,17-19,31-32H,5-8,15-16H2,1-4H3,(H-,35,36,39,40,41)/p+1. The Kier molecular flexibility index (Phi) is 9.98. The van der Waals surface area contributed by atoms with E-state index >= 15 is 0 Å². The third-order valence-electron chi connectivity index (χ3n) is 7.45. The van der Waals surface area contributed by atoms with Crippen molar-refractivity contribution in [3.05, 3.63) is 60.0 Å². The third kappa shape index (κ3) is 6.88. The zero-order chi connectivity index (χ0) is 32.2. The summed E-state index contributed by atoms with van der Waals surface area (Å²) in [6, 6.07) is 14.7. The van der Waals surface area contributed by atoms with Crippen LogP contribution in [0.15, 0.2) is 68.8 Å². The molecule has 236 valence electrons. The number of fused-ring (bicyclic) bond motifs is 2. The maximum absolute atomic E-state index is 13.7. The molecule has 1 heterocycles. The highest BCUT2D eigenvalue weighted by Gasteiger charge is 2.27. The van der Waals surface area contributed by atoms with E-state index in [0.29, 0.717) is 27.9 Å². The Morgan fingerprint density at radius 2 is 1.57 bits per heavy atom. The zero-order valence-electron chi connectivity index (χ0n) is 25.0. The number of benzene rings is 3. The van der Waals surface area contributed by atoms with Crippen molar-refractivity contribution in [3.63, 3.8) is 0 Å². The van der Waals surface area contributed by atoms with Gasteiger partial charge in [-0.3, -0.25) is 4.55 Å². The molecule has 14 heteroatoms. The van der Waals surface area contributed by atoms with Crippen molar-refractivity contribution in [1.82, 2.24) is 14.6 Å². The molecule has 44 heavy (non-hydrogen) atoms. The second-order valence-electron chi connectivity index (χ2n) is 9.95. The van der Waals surface area contributed by atoms with Gasteiger partial charge < -0.3 is 19.7 Å². The lowest BCUT2D eigenvalue weighted by Gasteiger charge is -2.23. The van der Waals surface area contributed by atoms with Crippen LogP contribution in [-0.4, -0.2) is 71.9 Å². The number of carboxylic acid groups (broad SMARTS) is 1. The van der Waals surface area contributed by atoms with Crippen molar-refractivity contribution < 1.29 is 35.7 Å². The zero-order valence-corrected chi connectivity index (χ0v) is 26.6. The first-order valence-electron chi connectivity index (χ1n) is 14.3. The second-order valence-corrected chi connectivity index (χ2v) is 13.1. The van der Waals surface area contributed by atoms with E-state index in [4.69, 9.17) is 9.52 Å². The fraction of sp³-hybridized carbons (Fsp3) is 0.333. The summed E-state index contributed by atoms with van der Waals surface area (Å²) in [7, 11) is -9.18. The molecule has 4 N–H and O–H groups in total. The average molecular weight is 646 g/mol. The molecule has 0 bridgehead atoms. The summed E-state index contributed by atoms with van der Waals surface area (Å²) in [6.07, 6.45) is -1.32. The van der Waals surface area contributed by atoms with Crippen LogP contribution in [0.1, 0.15) is 27.7 Å². The number of rotatable bonds is 12. The van der Waals surface area contributed by atoms with Gasteiger partial charge in [0.1, 0.15) is 24.4 Å². The SMILES string of the molecule is CCN(CC)c1ccc2c(-c3ccc(S(=O)(=O)O)cc3S(=O)(=O)NCCNC(=O)O)c3ccc(=[N+](CC)CC)cc-3oc2c1. The van der Waals surface area contributed by atoms with Gasteiger partial charge >= 0.3 is 6.09 Å². The van der Waals surface area contributed by atoms with Crippen LogP contribution in [0.25, 0.3) is 33.4 Å². The molecule has 2 aliphatic rings. The lowest BCUT2D eigenvalue weighted by Crippen LogP contribution is -2.34. The van der Waals surface area contributed by atoms with Crippen LogP contribution in [0.5, 0.6) is 0 Å². The monoisotopic (exact) mass is 645 g/mol. The first kappa shape index (κ1) is 32.9. The first-order chi connectivity index (χ1) is 20.8. The van der Waals surface area contributed by atoms with Gasteiger partial charge in [0, 0.05) is 66.1 Å². The van der Waals surface area contributed by atoms with E-state index < -0.39 is 36.0 Å². The highest BCUT2D eigenvalue weighted by Crippen LogP contribution is 2.43. The number of sulfonamides is 1. The summed E-state index contributed by atoms with van der Waals surface area (Å²) in [5, 5.41) is 12.4. The smallest absolute Gasteiger partial charge is 0.404 e. The summed E-state index contributed by atoms with van der Waals surface area (Å²) in [5.41, 5.74) is 2.66. The van der Waals surface area contributed by atoms with E-state index in [9.17, 15) is 26.2 Å². The van der Waals surface area contributed by atoms with Gasteiger partial charge in [0.2, 0.25) is 15.4 Å². The summed E-state index contributed by atoms with van der Waals surface area (Å²) in [6.45, 7) is 10.7. The number of carbonyl (C=O) groups is 1. The second kappa shape index (κ2) is 13.3. The fourth-order valence-corrected chi connectivity index (χ4v) is 7.10. The van der Waals surface area contributed by atoms with Crippen LogP contribution in [0, 0.1) is 0 Å². The van der Waals surface area contributed by atoms with Gasteiger partial charge in [-0.2, -0.15) is 8.42 Å². The number of hydrogen-bond acceptors (Lipinski definition) is 7. The molecule has 1 aliphatic heterocycles. The van der Waals surface area contributed by atoms with Gasteiger partial charge in [-0.05, 0) is 58.0 Å². The normalized spacial score (nSPS) is 12.0. The molecule has 0 radical (unpaired) electrons. The molecule has 0 unspecified atom stereocenters. The number of hydrogen-bond donors (Lipinski definition) is 4. The van der Waals surface area contributed by atoms with Gasteiger partial charge in [0.15, 0.2) is 0 Å².